The van der Waals surface area contributed by atoms with E-state index in [-0.39, 0.29) is 12.2 Å². The number of anilines is 1. The summed E-state index contributed by atoms with van der Waals surface area (Å²) in [6.07, 6.45) is 0.909. The molecular weight excluding hydrogens is 390 g/mol. The van der Waals surface area contributed by atoms with Crippen LogP contribution in [0.25, 0.3) is 10.8 Å². The molecule has 2 amide bonds. The van der Waals surface area contributed by atoms with Gasteiger partial charge in [0.15, 0.2) is 0 Å². The van der Waals surface area contributed by atoms with E-state index in [9.17, 15) is 4.79 Å². The van der Waals surface area contributed by atoms with Gasteiger partial charge in [0, 0.05) is 22.9 Å². The van der Waals surface area contributed by atoms with E-state index in [4.69, 9.17) is 0 Å². The Bertz CT molecular complexity index is 983. The van der Waals surface area contributed by atoms with Crippen molar-refractivity contribution < 1.29 is 4.79 Å². The van der Waals surface area contributed by atoms with Crippen LogP contribution in [0.5, 0.6) is 0 Å². The zero-order valence-corrected chi connectivity index (χ0v) is 15.8. The largest absolute Gasteiger partial charge is 0.340 e. The summed E-state index contributed by atoms with van der Waals surface area (Å²) in [4.78, 5) is 15.2. The van der Waals surface area contributed by atoms with E-state index >= 15 is 0 Å². The van der Waals surface area contributed by atoms with Crippen LogP contribution in [-0.4, -0.2) is 29.1 Å². The minimum Gasteiger partial charge on any atom is -0.270 e. The Morgan fingerprint density at radius 3 is 2.50 bits per heavy atom. The smallest absolute Gasteiger partial charge is 0.270 e. The zero-order valence-electron chi connectivity index (χ0n) is 14.2. The van der Waals surface area contributed by atoms with E-state index in [1.807, 2.05) is 40.2 Å². The fourth-order valence-electron chi connectivity index (χ4n) is 4.06. The van der Waals surface area contributed by atoms with Crippen LogP contribution in [0, 0.1) is 0 Å². The summed E-state index contributed by atoms with van der Waals surface area (Å²) in [5.41, 5.74) is 2.09. The predicted octanol–water partition coefficient (Wildman–Crippen LogP) is 5.16. The number of carbonyl (C=O) groups excluding carboxylic acids is 1. The number of hydrogen-bond acceptors (Lipinski definition) is 2. The fourth-order valence-corrected chi connectivity index (χ4v) is 4.33. The highest BCUT2D eigenvalue weighted by atomic mass is 79.9. The first-order chi connectivity index (χ1) is 12.7. The minimum atomic E-state index is -0.107. The lowest BCUT2D eigenvalue weighted by Gasteiger charge is -2.28. The lowest BCUT2D eigenvalue weighted by Crippen LogP contribution is -2.32. The third-order valence-corrected chi connectivity index (χ3v) is 5.74. The van der Waals surface area contributed by atoms with Crippen molar-refractivity contribution in [1.82, 2.24) is 10.0 Å². The monoisotopic (exact) mass is 407 g/mol. The first-order valence-electron chi connectivity index (χ1n) is 8.84. The van der Waals surface area contributed by atoms with Gasteiger partial charge in [-0.05, 0) is 35.6 Å². The summed E-state index contributed by atoms with van der Waals surface area (Å²) < 4.78 is 1.04. The summed E-state index contributed by atoms with van der Waals surface area (Å²) in [5.74, 6) is 0. The number of halogens is 1. The van der Waals surface area contributed by atoms with Crippen LogP contribution in [0.15, 0.2) is 71.2 Å². The maximum atomic E-state index is 13.3. The van der Waals surface area contributed by atoms with Crippen LogP contribution in [0.1, 0.15) is 18.2 Å². The molecule has 2 aliphatic heterocycles. The molecule has 0 radical (unpaired) electrons. The summed E-state index contributed by atoms with van der Waals surface area (Å²) in [6, 6.07) is 22.8. The van der Waals surface area contributed by atoms with Crippen LogP contribution >= 0.6 is 15.9 Å². The van der Waals surface area contributed by atoms with Crippen molar-refractivity contribution in [3.05, 3.63) is 76.8 Å². The number of rotatable bonds is 2. The van der Waals surface area contributed by atoms with Crippen molar-refractivity contribution >= 4 is 38.4 Å². The number of hydrazine groups is 1. The number of benzene rings is 3. The molecule has 130 valence electrons. The molecule has 0 N–H and O–H groups in total. The Morgan fingerprint density at radius 2 is 1.65 bits per heavy atom. The molecule has 0 aliphatic carbocycles. The van der Waals surface area contributed by atoms with Crippen molar-refractivity contribution in [3.63, 3.8) is 0 Å². The lowest BCUT2D eigenvalue weighted by molar-refractivity contribution is 0.0728. The molecule has 2 fully saturated rings. The highest BCUT2D eigenvalue weighted by molar-refractivity contribution is 9.10. The van der Waals surface area contributed by atoms with E-state index in [2.05, 4.69) is 57.3 Å². The molecule has 0 unspecified atom stereocenters. The van der Waals surface area contributed by atoms with Gasteiger partial charge in [0.2, 0.25) is 0 Å². The summed E-state index contributed by atoms with van der Waals surface area (Å²) >= 11 is 3.51. The van der Waals surface area contributed by atoms with Crippen LogP contribution in [0.3, 0.4) is 0 Å². The van der Waals surface area contributed by atoms with Crippen LogP contribution < -0.4 is 4.90 Å². The normalized spacial score (nSPS) is 20.2. The average molecular weight is 408 g/mol. The Morgan fingerprint density at radius 1 is 0.885 bits per heavy atom. The summed E-state index contributed by atoms with van der Waals surface area (Å²) in [7, 11) is 0. The standard InChI is InChI=1S/C21H18BrN3O/c22-17-11-9-16(10-12-17)20-23-13-4-14-24(23)21(26)25(20)19-8-3-6-15-5-1-2-7-18(15)19/h1-3,5-12,20H,4,13-14H2/t20-/m0/s1. The second-order valence-electron chi connectivity index (χ2n) is 6.72. The second kappa shape index (κ2) is 6.11. The SMILES string of the molecule is O=C1N(c2cccc3ccccc23)[C@@H](c2ccc(Br)cc2)N2CCCN12. The molecule has 4 nitrogen and oxygen atoms in total. The van der Waals surface area contributed by atoms with E-state index in [0.29, 0.717) is 0 Å². The molecule has 0 bridgehead atoms. The van der Waals surface area contributed by atoms with Gasteiger partial charge in [-0.2, -0.15) is 5.01 Å². The Hall–Kier alpha value is -2.37. The number of amides is 2. The molecule has 1 atom stereocenters. The average Bonchev–Trinajstić information content (AvgIpc) is 3.24. The van der Waals surface area contributed by atoms with Crippen LogP contribution in [0.2, 0.25) is 0 Å². The second-order valence-corrected chi connectivity index (χ2v) is 7.63. The zero-order chi connectivity index (χ0) is 17.7. The maximum absolute atomic E-state index is 13.3. The van der Waals surface area contributed by atoms with Crippen molar-refractivity contribution in [2.45, 2.75) is 12.6 Å². The number of urea groups is 1. The highest BCUT2D eigenvalue weighted by Crippen LogP contribution is 2.42. The Kier molecular flexibility index (Phi) is 3.72. The first-order valence-corrected chi connectivity index (χ1v) is 9.64. The third-order valence-electron chi connectivity index (χ3n) is 5.22. The molecule has 3 aromatic carbocycles. The predicted molar refractivity (Wildman–Crippen MR) is 107 cm³/mol. The van der Waals surface area contributed by atoms with Gasteiger partial charge >= 0.3 is 6.03 Å². The van der Waals surface area contributed by atoms with Crippen molar-refractivity contribution in [3.8, 4) is 0 Å². The third kappa shape index (κ3) is 2.35. The minimum absolute atomic E-state index is 0.0618. The number of fused-ring (bicyclic) bond motifs is 2. The molecule has 0 saturated carbocycles. The molecule has 0 spiro atoms. The van der Waals surface area contributed by atoms with Crippen molar-refractivity contribution in [2.75, 3.05) is 18.0 Å². The van der Waals surface area contributed by atoms with Gasteiger partial charge in [-0.25, -0.2) is 4.79 Å². The van der Waals surface area contributed by atoms with Gasteiger partial charge in [-0.3, -0.25) is 9.91 Å². The molecule has 2 aliphatic rings. The molecule has 2 heterocycles. The van der Waals surface area contributed by atoms with Gasteiger partial charge in [-0.1, -0.05) is 64.5 Å². The Labute approximate surface area is 160 Å². The van der Waals surface area contributed by atoms with E-state index in [1.54, 1.807) is 0 Å². The number of hydrogen-bond donors (Lipinski definition) is 0. The molecular formula is C21H18BrN3O. The van der Waals surface area contributed by atoms with Crippen LogP contribution in [-0.2, 0) is 0 Å². The van der Waals surface area contributed by atoms with E-state index < -0.39 is 0 Å². The van der Waals surface area contributed by atoms with Gasteiger partial charge < -0.3 is 0 Å². The fraction of sp³-hybridized carbons (Fsp3) is 0.190. The summed E-state index contributed by atoms with van der Waals surface area (Å²) in [6.45, 7) is 1.68. The van der Waals surface area contributed by atoms with Gasteiger partial charge in [-0.15, -0.1) is 0 Å². The van der Waals surface area contributed by atoms with E-state index in [0.717, 1.165) is 46.0 Å². The first kappa shape index (κ1) is 15.9. The molecule has 5 heteroatoms. The summed E-state index contributed by atoms with van der Waals surface area (Å²) in [5, 5.41) is 6.35. The lowest BCUT2D eigenvalue weighted by atomic mass is 10.1. The van der Waals surface area contributed by atoms with Crippen molar-refractivity contribution in [1.29, 1.82) is 0 Å². The van der Waals surface area contributed by atoms with Gasteiger partial charge in [0.1, 0.15) is 6.17 Å². The number of carbonyl (C=O) groups is 1. The highest BCUT2D eigenvalue weighted by Gasteiger charge is 2.48. The maximum Gasteiger partial charge on any atom is 0.340 e. The molecule has 26 heavy (non-hydrogen) atoms. The van der Waals surface area contributed by atoms with Gasteiger partial charge in [0.05, 0.1) is 5.69 Å². The Balaban J connectivity index is 1.69. The number of nitrogens with zero attached hydrogens (tertiary/aromatic N) is 3. The quantitative estimate of drug-likeness (QED) is 0.586. The van der Waals surface area contributed by atoms with Crippen LogP contribution in [0.4, 0.5) is 10.5 Å². The molecule has 3 aromatic rings. The topological polar surface area (TPSA) is 26.8 Å². The van der Waals surface area contributed by atoms with E-state index in [1.165, 1.54) is 0 Å². The molecule has 5 rings (SSSR count). The van der Waals surface area contributed by atoms with Crippen molar-refractivity contribution in [2.24, 2.45) is 0 Å². The molecule has 2 saturated heterocycles. The van der Waals surface area contributed by atoms with Gasteiger partial charge in [0.25, 0.3) is 0 Å². The molecule has 0 aromatic heterocycles.